The molecular weight excluding hydrogens is 264 g/mol. The SMILES string of the molecule is CCOc1snnc1CO/N=C1/CN2CCC1CC2. The molecule has 0 aliphatic carbocycles. The summed E-state index contributed by atoms with van der Waals surface area (Å²) in [6.07, 6.45) is 2.43. The van der Waals surface area contributed by atoms with Gasteiger partial charge in [0.1, 0.15) is 0 Å². The monoisotopic (exact) mass is 282 g/mol. The van der Waals surface area contributed by atoms with E-state index in [1.54, 1.807) is 0 Å². The Balaban J connectivity index is 1.56. The Kier molecular flexibility index (Phi) is 3.93. The molecule has 0 radical (unpaired) electrons. The molecule has 1 aromatic rings. The molecule has 7 heteroatoms. The van der Waals surface area contributed by atoms with Crippen molar-refractivity contribution in [2.45, 2.75) is 26.4 Å². The first-order valence-electron chi connectivity index (χ1n) is 6.72. The molecule has 0 aromatic carbocycles. The fourth-order valence-corrected chi connectivity index (χ4v) is 3.18. The molecule has 4 rings (SSSR count). The topological polar surface area (TPSA) is 59.8 Å². The lowest BCUT2D eigenvalue weighted by molar-refractivity contribution is 0.114. The van der Waals surface area contributed by atoms with Gasteiger partial charge in [0.05, 0.1) is 12.3 Å². The molecule has 4 heterocycles. The Bertz CT molecular complexity index is 454. The Morgan fingerprint density at radius 2 is 2.26 bits per heavy atom. The zero-order valence-corrected chi connectivity index (χ0v) is 11.9. The smallest absolute Gasteiger partial charge is 0.221 e. The molecule has 0 spiro atoms. The van der Waals surface area contributed by atoms with Crippen molar-refractivity contribution in [1.29, 1.82) is 0 Å². The summed E-state index contributed by atoms with van der Waals surface area (Å²) in [5.41, 5.74) is 1.91. The molecule has 0 atom stereocenters. The number of rotatable bonds is 5. The Morgan fingerprint density at radius 3 is 2.95 bits per heavy atom. The van der Waals surface area contributed by atoms with Crippen LogP contribution in [0.3, 0.4) is 0 Å². The van der Waals surface area contributed by atoms with Gasteiger partial charge in [0, 0.05) is 24.0 Å². The van der Waals surface area contributed by atoms with E-state index in [2.05, 4.69) is 19.6 Å². The normalized spacial score (nSPS) is 27.7. The van der Waals surface area contributed by atoms with Crippen LogP contribution in [0.4, 0.5) is 0 Å². The molecule has 3 aliphatic heterocycles. The quantitative estimate of drug-likeness (QED) is 0.767. The van der Waals surface area contributed by atoms with E-state index in [1.807, 2.05) is 6.92 Å². The van der Waals surface area contributed by atoms with Crippen molar-refractivity contribution in [2.24, 2.45) is 11.1 Å². The minimum Gasteiger partial charge on any atom is -0.482 e. The molecule has 104 valence electrons. The van der Waals surface area contributed by atoms with Crippen molar-refractivity contribution < 1.29 is 9.57 Å². The van der Waals surface area contributed by atoms with Gasteiger partial charge in [-0.1, -0.05) is 9.64 Å². The van der Waals surface area contributed by atoms with Gasteiger partial charge >= 0.3 is 0 Å². The molecule has 2 bridgehead atoms. The first kappa shape index (κ1) is 12.8. The fourth-order valence-electron chi connectivity index (χ4n) is 2.59. The summed E-state index contributed by atoms with van der Waals surface area (Å²) < 4.78 is 9.30. The Hall–Kier alpha value is -1.21. The molecule has 0 saturated carbocycles. The van der Waals surface area contributed by atoms with E-state index in [-0.39, 0.29) is 0 Å². The molecule has 19 heavy (non-hydrogen) atoms. The number of fused-ring (bicyclic) bond motifs is 3. The summed E-state index contributed by atoms with van der Waals surface area (Å²) >= 11 is 1.25. The van der Waals surface area contributed by atoms with Crippen molar-refractivity contribution in [1.82, 2.24) is 14.5 Å². The molecule has 1 aromatic heterocycles. The molecule has 3 fully saturated rings. The fraction of sp³-hybridized carbons (Fsp3) is 0.750. The number of hydrogen-bond acceptors (Lipinski definition) is 7. The maximum absolute atomic E-state index is 5.44. The Morgan fingerprint density at radius 1 is 1.42 bits per heavy atom. The maximum Gasteiger partial charge on any atom is 0.221 e. The van der Waals surface area contributed by atoms with E-state index in [0.717, 1.165) is 17.3 Å². The lowest BCUT2D eigenvalue weighted by Gasteiger charge is -2.39. The van der Waals surface area contributed by atoms with Gasteiger partial charge in [-0.3, -0.25) is 4.90 Å². The van der Waals surface area contributed by atoms with Gasteiger partial charge in [-0.25, -0.2) is 0 Å². The van der Waals surface area contributed by atoms with Gasteiger partial charge in [0.2, 0.25) is 5.06 Å². The predicted molar refractivity (Wildman–Crippen MR) is 72.5 cm³/mol. The van der Waals surface area contributed by atoms with Crippen LogP contribution in [0.5, 0.6) is 5.06 Å². The summed E-state index contributed by atoms with van der Waals surface area (Å²) in [5.74, 6) is 0.616. The summed E-state index contributed by atoms with van der Waals surface area (Å²) in [4.78, 5) is 7.87. The predicted octanol–water partition coefficient (Wildman–Crippen LogP) is 1.53. The molecule has 3 aliphatic rings. The van der Waals surface area contributed by atoms with Gasteiger partial charge in [-0.05, 0) is 32.9 Å². The summed E-state index contributed by atoms with van der Waals surface area (Å²) in [6.45, 7) is 6.25. The standard InChI is InChI=1S/C12H18N4O2S/c1-2-17-12-11(13-15-19-12)8-18-14-10-7-16-5-3-9(10)4-6-16/h9H,2-8H2,1H3/b14-10-. The average Bonchev–Trinajstić information content (AvgIpc) is 2.88. The molecule has 3 saturated heterocycles. The van der Waals surface area contributed by atoms with Crippen molar-refractivity contribution in [2.75, 3.05) is 26.2 Å². The molecule has 0 N–H and O–H groups in total. The largest absolute Gasteiger partial charge is 0.482 e. The summed E-state index contributed by atoms with van der Waals surface area (Å²) in [5, 5.41) is 9.04. The molecule has 0 unspecified atom stereocenters. The minimum absolute atomic E-state index is 0.335. The molecule has 0 amide bonds. The highest BCUT2D eigenvalue weighted by Crippen LogP contribution is 2.26. The van der Waals surface area contributed by atoms with Crippen molar-refractivity contribution in [3.63, 3.8) is 0 Å². The zero-order valence-electron chi connectivity index (χ0n) is 11.0. The highest BCUT2D eigenvalue weighted by Gasteiger charge is 2.31. The van der Waals surface area contributed by atoms with Crippen LogP contribution >= 0.6 is 11.5 Å². The second-order valence-electron chi connectivity index (χ2n) is 4.85. The summed E-state index contributed by atoms with van der Waals surface area (Å²) in [6, 6.07) is 0. The van der Waals surface area contributed by atoms with Crippen molar-refractivity contribution in [3.05, 3.63) is 5.69 Å². The molecular formula is C12H18N4O2S. The van der Waals surface area contributed by atoms with E-state index in [0.29, 0.717) is 19.1 Å². The van der Waals surface area contributed by atoms with Gasteiger partial charge in [-0.15, -0.1) is 5.10 Å². The van der Waals surface area contributed by atoms with E-state index in [1.165, 1.54) is 43.2 Å². The lowest BCUT2D eigenvalue weighted by Crippen LogP contribution is -2.47. The number of hydrogen-bond donors (Lipinski definition) is 0. The van der Waals surface area contributed by atoms with Gasteiger partial charge in [0.25, 0.3) is 0 Å². The number of ether oxygens (including phenoxy) is 1. The second kappa shape index (κ2) is 5.83. The number of nitrogens with zero attached hydrogens (tertiary/aromatic N) is 4. The number of oxime groups is 1. The van der Waals surface area contributed by atoms with Gasteiger partial charge in [-0.2, -0.15) is 0 Å². The van der Waals surface area contributed by atoms with E-state index in [9.17, 15) is 0 Å². The second-order valence-corrected chi connectivity index (χ2v) is 5.56. The Labute approximate surface area is 116 Å². The van der Waals surface area contributed by atoms with Crippen LogP contribution in [0.25, 0.3) is 0 Å². The first-order chi connectivity index (χ1) is 9.36. The highest BCUT2D eigenvalue weighted by molar-refractivity contribution is 7.07. The zero-order chi connectivity index (χ0) is 13.1. The summed E-state index contributed by atoms with van der Waals surface area (Å²) in [7, 11) is 0. The van der Waals surface area contributed by atoms with E-state index < -0.39 is 0 Å². The van der Waals surface area contributed by atoms with Crippen molar-refractivity contribution >= 4 is 17.2 Å². The first-order valence-corrected chi connectivity index (χ1v) is 7.49. The van der Waals surface area contributed by atoms with Gasteiger partial charge in [0.15, 0.2) is 12.3 Å². The van der Waals surface area contributed by atoms with Crippen molar-refractivity contribution in [3.8, 4) is 5.06 Å². The third-order valence-electron chi connectivity index (χ3n) is 3.62. The minimum atomic E-state index is 0.335. The van der Waals surface area contributed by atoms with Crippen LogP contribution in [0, 0.1) is 5.92 Å². The highest BCUT2D eigenvalue weighted by atomic mass is 32.1. The van der Waals surface area contributed by atoms with Crippen LogP contribution < -0.4 is 4.74 Å². The van der Waals surface area contributed by atoms with Crippen LogP contribution in [-0.2, 0) is 11.4 Å². The van der Waals surface area contributed by atoms with Crippen LogP contribution in [-0.4, -0.2) is 46.4 Å². The average molecular weight is 282 g/mol. The number of piperidine rings is 3. The van der Waals surface area contributed by atoms with Crippen LogP contribution in [0.15, 0.2) is 5.16 Å². The van der Waals surface area contributed by atoms with Crippen LogP contribution in [0.2, 0.25) is 0 Å². The maximum atomic E-state index is 5.44. The third kappa shape index (κ3) is 2.87. The third-order valence-corrected chi connectivity index (χ3v) is 4.31. The van der Waals surface area contributed by atoms with Crippen LogP contribution in [0.1, 0.15) is 25.5 Å². The van der Waals surface area contributed by atoms with Gasteiger partial charge < -0.3 is 9.57 Å². The van der Waals surface area contributed by atoms with E-state index >= 15 is 0 Å². The molecule has 6 nitrogen and oxygen atoms in total. The lowest BCUT2D eigenvalue weighted by atomic mass is 9.87. The van der Waals surface area contributed by atoms with E-state index in [4.69, 9.17) is 9.57 Å². The number of aromatic nitrogens is 2.